The van der Waals surface area contributed by atoms with Crippen molar-refractivity contribution in [3.05, 3.63) is 24.3 Å². The molecule has 0 rings (SSSR count). The van der Waals surface area contributed by atoms with Gasteiger partial charge < -0.3 is 4.74 Å². The van der Waals surface area contributed by atoms with Gasteiger partial charge in [-0.05, 0) is 6.92 Å². The van der Waals surface area contributed by atoms with E-state index in [0.717, 1.165) is 0 Å². The summed E-state index contributed by atoms with van der Waals surface area (Å²) in [6, 6.07) is 0. The monoisotopic (exact) mass is 126 g/mol. The fourth-order valence-electron chi connectivity index (χ4n) is 0.437. The lowest BCUT2D eigenvalue weighted by Gasteiger charge is -1.95. The smallest absolute Gasteiger partial charge is 0.337 e. The lowest BCUT2D eigenvalue weighted by atomic mass is 10.2. The Balaban J connectivity index is 4.14. The fraction of sp³-hybridized carbons (Fsp3) is 0.286. The molecule has 2 heteroatoms. The lowest BCUT2D eigenvalue weighted by molar-refractivity contribution is -0.135. The Kier molecular flexibility index (Phi) is 3.44. The number of ether oxygens (including phenoxy) is 1. The summed E-state index contributed by atoms with van der Waals surface area (Å²) in [6.45, 7) is 5.19. The molecule has 0 bridgehead atoms. The van der Waals surface area contributed by atoms with Crippen LogP contribution in [0.15, 0.2) is 24.3 Å². The van der Waals surface area contributed by atoms with Crippen molar-refractivity contribution in [2.75, 3.05) is 7.11 Å². The standard InChI is InChI=1S/C7H10O2/c1-4-6(5-2)7(8)9-3/h4-5H,1H2,2-3H3/b6-5+. The van der Waals surface area contributed by atoms with E-state index >= 15 is 0 Å². The van der Waals surface area contributed by atoms with Crippen molar-refractivity contribution in [2.45, 2.75) is 6.92 Å². The van der Waals surface area contributed by atoms with Crippen molar-refractivity contribution in [2.24, 2.45) is 0 Å². The maximum absolute atomic E-state index is 10.6. The van der Waals surface area contributed by atoms with Gasteiger partial charge in [-0.15, -0.1) is 0 Å². The minimum Gasteiger partial charge on any atom is -0.465 e. The van der Waals surface area contributed by atoms with E-state index in [1.54, 1.807) is 13.0 Å². The predicted octanol–water partition coefficient (Wildman–Crippen LogP) is 1.29. The Morgan fingerprint density at radius 2 is 2.22 bits per heavy atom. The van der Waals surface area contributed by atoms with Crippen LogP contribution in [0.4, 0.5) is 0 Å². The van der Waals surface area contributed by atoms with Gasteiger partial charge in [-0.2, -0.15) is 0 Å². The van der Waals surface area contributed by atoms with Crippen LogP contribution in [0.2, 0.25) is 0 Å². The van der Waals surface area contributed by atoms with Gasteiger partial charge >= 0.3 is 5.97 Å². The zero-order chi connectivity index (χ0) is 7.28. The number of esters is 1. The third kappa shape index (κ3) is 2.13. The molecule has 0 saturated carbocycles. The molecule has 2 nitrogen and oxygen atoms in total. The Bertz CT molecular complexity index is 145. The second kappa shape index (κ2) is 3.89. The van der Waals surface area contributed by atoms with Crippen LogP contribution >= 0.6 is 0 Å². The predicted molar refractivity (Wildman–Crippen MR) is 36.0 cm³/mol. The van der Waals surface area contributed by atoms with Gasteiger partial charge in [0, 0.05) is 0 Å². The molecule has 0 aliphatic rings. The second-order valence-corrected chi connectivity index (χ2v) is 1.44. The van der Waals surface area contributed by atoms with Crippen molar-refractivity contribution in [1.82, 2.24) is 0 Å². The highest BCUT2D eigenvalue weighted by Gasteiger charge is 2.00. The maximum atomic E-state index is 10.6. The summed E-state index contributed by atoms with van der Waals surface area (Å²) in [5.41, 5.74) is 0.498. The summed E-state index contributed by atoms with van der Waals surface area (Å²) in [4.78, 5) is 10.6. The minimum absolute atomic E-state index is 0.340. The molecule has 9 heavy (non-hydrogen) atoms. The third-order valence-corrected chi connectivity index (χ3v) is 0.952. The molecule has 50 valence electrons. The molecule has 0 aliphatic heterocycles. The van der Waals surface area contributed by atoms with E-state index in [1.807, 2.05) is 0 Å². The Labute approximate surface area is 54.8 Å². The van der Waals surface area contributed by atoms with Gasteiger partial charge in [-0.25, -0.2) is 4.79 Å². The number of allylic oxidation sites excluding steroid dienone is 1. The van der Waals surface area contributed by atoms with Gasteiger partial charge in [-0.1, -0.05) is 18.7 Å². The summed E-state index contributed by atoms with van der Waals surface area (Å²) in [6.07, 6.45) is 3.12. The Hall–Kier alpha value is -1.05. The van der Waals surface area contributed by atoms with Crippen LogP contribution in [0.5, 0.6) is 0 Å². The fourth-order valence-corrected chi connectivity index (χ4v) is 0.437. The first kappa shape index (κ1) is 7.95. The van der Waals surface area contributed by atoms with Gasteiger partial charge in [0.25, 0.3) is 0 Å². The van der Waals surface area contributed by atoms with Crippen LogP contribution in [0, 0.1) is 0 Å². The Morgan fingerprint density at radius 3 is 2.33 bits per heavy atom. The normalized spacial score (nSPS) is 10.7. The molecular formula is C7H10O2. The first-order valence-corrected chi connectivity index (χ1v) is 2.63. The highest BCUT2D eigenvalue weighted by Crippen LogP contribution is 1.96. The number of hydrogen-bond donors (Lipinski definition) is 0. The molecule has 0 amide bonds. The molecule has 0 spiro atoms. The topological polar surface area (TPSA) is 26.3 Å². The molecule has 0 aromatic carbocycles. The van der Waals surface area contributed by atoms with E-state index in [1.165, 1.54) is 13.2 Å². The summed E-state index contributed by atoms with van der Waals surface area (Å²) in [5, 5.41) is 0. The average molecular weight is 126 g/mol. The number of carbonyl (C=O) groups is 1. The highest BCUT2D eigenvalue weighted by atomic mass is 16.5. The molecule has 0 heterocycles. The number of rotatable bonds is 2. The van der Waals surface area contributed by atoms with Gasteiger partial charge in [0.1, 0.15) is 0 Å². The van der Waals surface area contributed by atoms with Crippen molar-refractivity contribution in [3.63, 3.8) is 0 Å². The largest absolute Gasteiger partial charge is 0.465 e. The summed E-state index contributed by atoms with van der Waals surface area (Å²) < 4.78 is 4.42. The first-order valence-electron chi connectivity index (χ1n) is 2.63. The van der Waals surface area contributed by atoms with Crippen molar-refractivity contribution in [1.29, 1.82) is 0 Å². The van der Waals surface area contributed by atoms with E-state index in [2.05, 4.69) is 11.3 Å². The molecule has 0 aliphatic carbocycles. The van der Waals surface area contributed by atoms with Gasteiger partial charge in [0.05, 0.1) is 12.7 Å². The van der Waals surface area contributed by atoms with Gasteiger partial charge in [-0.3, -0.25) is 0 Å². The van der Waals surface area contributed by atoms with Crippen LogP contribution in [-0.4, -0.2) is 13.1 Å². The van der Waals surface area contributed by atoms with E-state index < -0.39 is 0 Å². The molecule has 0 radical (unpaired) electrons. The highest BCUT2D eigenvalue weighted by molar-refractivity contribution is 5.91. The van der Waals surface area contributed by atoms with Crippen molar-refractivity contribution < 1.29 is 9.53 Å². The van der Waals surface area contributed by atoms with Crippen LogP contribution in [0.1, 0.15) is 6.92 Å². The van der Waals surface area contributed by atoms with E-state index in [9.17, 15) is 4.79 Å². The van der Waals surface area contributed by atoms with E-state index in [-0.39, 0.29) is 5.97 Å². The van der Waals surface area contributed by atoms with E-state index in [0.29, 0.717) is 5.57 Å². The van der Waals surface area contributed by atoms with Gasteiger partial charge in [0.15, 0.2) is 0 Å². The van der Waals surface area contributed by atoms with Crippen LogP contribution in [0.25, 0.3) is 0 Å². The zero-order valence-corrected chi connectivity index (χ0v) is 5.68. The SMILES string of the molecule is C=C/C(=C\C)C(=O)OC. The van der Waals surface area contributed by atoms with Crippen LogP contribution in [0.3, 0.4) is 0 Å². The molecule has 0 atom stereocenters. The molecule has 0 aromatic rings. The minimum atomic E-state index is -0.340. The Morgan fingerprint density at radius 1 is 1.67 bits per heavy atom. The average Bonchev–Trinajstić information content (AvgIpc) is 1.90. The molecule has 0 unspecified atom stereocenters. The lowest BCUT2D eigenvalue weighted by Crippen LogP contribution is -2.01. The summed E-state index contributed by atoms with van der Waals surface area (Å²) >= 11 is 0. The third-order valence-electron chi connectivity index (χ3n) is 0.952. The summed E-state index contributed by atoms with van der Waals surface area (Å²) in [7, 11) is 1.34. The van der Waals surface area contributed by atoms with Gasteiger partial charge in [0.2, 0.25) is 0 Å². The first-order chi connectivity index (χ1) is 4.26. The van der Waals surface area contributed by atoms with Crippen molar-refractivity contribution >= 4 is 5.97 Å². The second-order valence-electron chi connectivity index (χ2n) is 1.44. The zero-order valence-electron chi connectivity index (χ0n) is 5.68. The number of hydrogen-bond acceptors (Lipinski definition) is 2. The summed E-state index contributed by atoms with van der Waals surface area (Å²) in [5.74, 6) is -0.340. The number of methoxy groups -OCH3 is 1. The molecule has 0 N–H and O–H groups in total. The number of carbonyl (C=O) groups excluding carboxylic acids is 1. The molecule has 0 saturated heterocycles. The van der Waals surface area contributed by atoms with E-state index in [4.69, 9.17) is 0 Å². The molecule has 0 aromatic heterocycles. The molecular weight excluding hydrogens is 116 g/mol. The van der Waals surface area contributed by atoms with Crippen LogP contribution < -0.4 is 0 Å². The molecule has 0 fully saturated rings. The maximum Gasteiger partial charge on any atom is 0.337 e. The quantitative estimate of drug-likeness (QED) is 0.316. The van der Waals surface area contributed by atoms with Crippen LogP contribution in [-0.2, 0) is 9.53 Å². The van der Waals surface area contributed by atoms with Crippen molar-refractivity contribution in [3.8, 4) is 0 Å².